The third-order valence-electron chi connectivity index (χ3n) is 14.8. The van der Waals surface area contributed by atoms with Crippen LogP contribution in [0, 0.1) is 12.3 Å². The number of rotatable bonds is 23. The van der Waals surface area contributed by atoms with Gasteiger partial charge in [0.25, 0.3) is 17.7 Å². The van der Waals surface area contributed by atoms with E-state index in [4.69, 9.17) is 4.98 Å². The van der Waals surface area contributed by atoms with E-state index in [0.717, 1.165) is 84.6 Å². The molecule has 7 N–H and O–H groups in total. The summed E-state index contributed by atoms with van der Waals surface area (Å²) < 4.78 is 14.7. The standard InChI is InChI=1S/C57H73FN10O7S/c1-35-13-12-28-67(35)33-47-63-43-23-22-41(29-45(43)64-47)62-52(72)40-20-18-39(19-21-40)51(71)60-27-11-9-7-6-8-10-26-59-48(70)31-44(37-14-16-38(17-15-37)49-36(2)61-34-76-49)65-53(73)46-30-42(69)32-68(46)54(74)50(56(3,4)5)66-55(75)57(58)24-25-57/h14-23,29,34-35,42,44,46,50,69H,6-13,24-28,30-33H2,1-5H3,(H,59,70)(H,60,71)(H,62,72)(H,63,64)(H,65,73)(H,66,75)/t35-,42+,44-,46-,50+/m0/s1. The van der Waals surface area contributed by atoms with Gasteiger partial charge in [-0.3, -0.25) is 33.7 Å². The number of β-amino-alcohol motifs (C(OH)–C–C–N with tert-alkyl or cyclic N) is 1. The molecule has 1 saturated carbocycles. The third-order valence-corrected chi connectivity index (χ3v) is 15.8. The number of nitrogens with one attached hydrogen (secondary N) is 6. The van der Waals surface area contributed by atoms with E-state index in [-0.39, 0.29) is 49.9 Å². The number of hydrogen-bond acceptors (Lipinski definition) is 11. The molecule has 76 heavy (non-hydrogen) atoms. The molecule has 3 fully saturated rings. The molecule has 2 aromatic heterocycles. The van der Waals surface area contributed by atoms with Gasteiger partial charge in [-0.2, -0.15) is 0 Å². The van der Waals surface area contributed by atoms with Gasteiger partial charge in [-0.05, 0) is 118 Å². The molecule has 4 heterocycles. The molecule has 6 amide bonds. The fourth-order valence-electron chi connectivity index (χ4n) is 10.0. The van der Waals surface area contributed by atoms with Gasteiger partial charge in [-0.25, -0.2) is 14.4 Å². The molecule has 2 saturated heterocycles. The van der Waals surface area contributed by atoms with Gasteiger partial charge in [0.1, 0.15) is 17.9 Å². The van der Waals surface area contributed by atoms with Crippen molar-refractivity contribution in [2.24, 2.45) is 5.41 Å². The van der Waals surface area contributed by atoms with Crippen molar-refractivity contribution in [1.29, 1.82) is 0 Å². The van der Waals surface area contributed by atoms with Crippen molar-refractivity contribution in [2.75, 3.05) is 31.5 Å². The van der Waals surface area contributed by atoms with Gasteiger partial charge >= 0.3 is 0 Å². The van der Waals surface area contributed by atoms with Crippen molar-refractivity contribution in [3.05, 3.63) is 100 Å². The van der Waals surface area contributed by atoms with Crippen LogP contribution in [-0.2, 0) is 25.7 Å². The summed E-state index contributed by atoms with van der Waals surface area (Å²) in [6.45, 7) is 12.1. The van der Waals surface area contributed by atoms with Crippen molar-refractivity contribution >= 4 is 63.5 Å². The minimum absolute atomic E-state index is 0.0454. The van der Waals surface area contributed by atoms with Crippen molar-refractivity contribution in [3.63, 3.8) is 0 Å². The number of halogens is 1. The molecule has 2 aliphatic heterocycles. The van der Waals surface area contributed by atoms with E-state index in [1.807, 2.05) is 49.4 Å². The van der Waals surface area contributed by atoms with Crippen LogP contribution in [0.3, 0.4) is 0 Å². The molecule has 0 radical (unpaired) electrons. The molecule has 0 spiro atoms. The lowest BCUT2D eigenvalue weighted by molar-refractivity contribution is -0.145. The molecule has 8 rings (SSSR count). The summed E-state index contributed by atoms with van der Waals surface area (Å²) in [5.41, 5.74) is 4.72. The molecule has 19 heteroatoms. The van der Waals surface area contributed by atoms with Crippen LogP contribution >= 0.6 is 11.3 Å². The Balaban J connectivity index is 0.753. The average molecular weight is 1060 g/mol. The first kappa shape index (κ1) is 55.7. The molecular formula is C57H73FN10O7S. The Morgan fingerprint density at radius 2 is 1.55 bits per heavy atom. The number of unbranched alkanes of at least 4 members (excludes halogenated alkanes) is 5. The Labute approximate surface area is 448 Å². The minimum atomic E-state index is -2.01. The number of aliphatic hydroxyl groups is 1. The fourth-order valence-corrected chi connectivity index (χ4v) is 10.9. The lowest BCUT2D eigenvalue weighted by Crippen LogP contribution is -2.59. The van der Waals surface area contributed by atoms with Crippen LogP contribution in [0.2, 0.25) is 0 Å². The summed E-state index contributed by atoms with van der Waals surface area (Å²) in [6, 6.07) is 17.3. The van der Waals surface area contributed by atoms with Crippen molar-refractivity contribution < 1.29 is 38.3 Å². The first-order valence-corrected chi connectivity index (χ1v) is 27.7. The van der Waals surface area contributed by atoms with Gasteiger partial charge < -0.3 is 41.6 Å². The molecule has 3 aliphatic rings. The number of likely N-dealkylation sites (tertiary alicyclic amines) is 2. The number of aryl methyl sites for hydroxylation is 1. The zero-order valence-corrected chi connectivity index (χ0v) is 45.1. The number of alkyl halides is 1. The molecule has 17 nitrogen and oxygen atoms in total. The Hall–Kier alpha value is -6.57. The molecule has 0 bridgehead atoms. The van der Waals surface area contributed by atoms with E-state index < -0.39 is 53.0 Å². The van der Waals surface area contributed by atoms with Crippen LogP contribution in [0.5, 0.6) is 0 Å². The highest BCUT2D eigenvalue weighted by atomic mass is 32.1. The van der Waals surface area contributed by atoms with Crippen LogP contribution in [0.15, 0.2) is 72.2 Å². The summed E-state index contributed by atoms with van der Waals surface area (Å²) >= 11 is 1.51. The summed E-state index contributed by atoms with van der Waals surface area (Å²) in [5.74, 6) is -1.84. The molecular weight excluding hydrogens is 988 g/mol. The number of benzene rings is 3. The van der Waals surface area contributed by atoms with E-state index in [1.54, 1.807) is 50.5 Å². The number of thiazole rings is 1. The van der Waals surface area contributed by atoms with Gasteiger partial charge in [0.2, 0.25) is 17.7 Å². The highest BCUT2D eigenvalue weighted by Crippen LogP contribution is 2.40. The third kappa shape index (κ3) is 14.3. The van der Waals surface area contributed by atoms with Crippen molar-refractivity contribution in [1.82, 2.24) is 46.0 Å². The summed E-state index contributed by atoms with van der Waals surface area (Å²) in [6.07, 6.45) is 6.70. The van der Waals surface area contributed by atoms with Gasteiger partial charge in [0, 0.05) is 48.9 Å². The number of aromatic amines is 1. The van der Waals surface area contributed by atoms with Crippen LogP contribution in [0.1, 0.15) is 149 Å². The Morgan fingerprint density at radius 3 is 2.18 bits per heavy atom. The predicted octanol–water partition coefficient (Wildman–Crippen LogP) is 7.66. The molecule has 5 aromatic rings. The number of carbonyl (C=O) groups excluding carboxylic acids is 6. The van der Waals surface area contributed by atoms with Crippen molar-refractivity contribution in [3.8, 4) is 10.4 Å². The van der Waals surface area contributed by atoms with Crippen LogP contribution < -0.4 is 26.6 Å². The second-order valence-corrected chi connectivity index (χ2v) is 22.8. The fraction of sp³-hybridized carbons (Fsp3) is 0.509. The zero-order valence-electron chi connectivity index (χ0n) is 44.3. The minimum Gasteiger partial charge on any atom is -0.391 e. The number of aromatic nitrogens is 3. The largest absolute Gasteiger partial charge is 0.391 e. The zero-order chi connectivity index (χ0) is 54.1. The number of fused-ring (bicyclic) bond motifs is 1. The van der Waals surface area contributed by atoms with Gasteiger partial charge in [0.15, 0.2) is 5.67 Å². The number of carbonyl (C=O) groups is 6. The summed E-state index contributed by atoms with van der Waals surface area (Å²) in [5, 5.41) is 25.3. The van der Waals surface area contributed by atoms with Gasteiger partial charge in [-0.1, -0.05) is 70.7 Å². The number of anilines is 1. The van der Waals surface area contributed by atoms with E-state index in [2.05, 4.69) is 48.4 Å². The Bertz CT molecular complexity index is 2860. The second-order valence-electron chi connectivity index (χ2n) is 21.9. The number of aliphatic hydroxyl groups excluding tert-OH is 1. The number of H-pyrrole nitrogens is 1. The molecule has 3 aromatic carbocycles. The summed E-state index contributed by atoms with van der Waals surface area (Å²) in [4.78, 5) is 97.7. The van der Waals surface area contributed by atoms with E-state index in [0.29, 0.717) is 41.5 Å². The van der Waals surface area contributed by atoms with Crippen LogP contribution in [-0.4, -0.2) is 121 Å². The monoisotopic (exact) mass is 1060 g/mol. The van der Waals surface area contributed by atoms with Crippen molar-refractivity contribution in [2.45, 2.75) is 154 Å². The second kappa shape index (κ2) is 24.6. The molecule has 1 aliphatic carbocycles. The smallest absolute Gasteiger partial charge is 0.258 e. The highest BCUT2D eigenvalue weighted by Gasteiger charge is 2.53. The number of amides is 6. The summed E-state index contributed by atoms with van der Waals surface area (Å²) in [7, 11) is 0. The quantitative estimate of drug-likeness (QED) is 0.0316. The highest BCUT2D eigenvalue weighted by molar-refractivity contribution is 7.13. The molecule has 0 unspecified atom stereocenters. The van der Waals surface area contributed by atoms with Crippen LogP contribution in [0.4, 0.5) is 10.1 Å². The lowest BCUT2D eigenvalue weighted by Gasteiger charge is -2.36. The maximum atomic E-state index is 14.7. The number of nitrogens with zero attached hydrogens (tertiary/aromatic N) is 4. The SMILES string of the molecule is Cc1ncsc1-c1ccc([C@H](CC(=O)NCCCCCCCCNC(=O)c2ccc(C(=O)Nc3ccc4nc(CN5CCC[C@@H]5C)[nH]c4c3)cc2)NC(=O)[C@@H]2C[C@@H](O)CN2C(=O)[C@@H](NC(=O)C2(F)CC2)C(C)(C)C)cc1. The molecule has 406 valence electrons. The average Bonchev–Trinajstić information content (AvgIpc) is 3.79. The maximum absolute atomic E-state index is 14.7. The van der Waals surface area contributed by atoms with E-state index in [1.165, 1.54) is 29.1 Å². The Kier molecular flexibility index (Phi) is 18.0. The molecule has 5 atom stereocenters. The van der Waals surface area contributed by atoms with E-state index in [9.17, 15) is 38.3 Å². The maximum Gasteiger partial charge on any atom is 0.258 e. The normalized spacial score (nSPS) is 19.0. The topological polar surface area (TPSA) is 231 Å². The number of imidazole rings is 1. The first-order valence-electron chi connectivity index (χ1n) is 26.8. The lowest BCUT2D eigenvalue weighted by atomic mass is 9.85. The predicted molar refractivity (Wildman–Crippen MR) is 291 cm³/mol. The van der Waals surface area contributed by atoms with Gasteiger partial charge in [-0.15, -0.1) is 11.3 Å². The number of hydrogen-bond donors (Lipinski definition) is 7. The van der Waals surface area contributed by atoms with E-state index >= 15 is 0 Å². The Morgan fingerprint density at radius 1 is 0.882 bits per heavy atom. The van der Waals surface area contributed by atoms with Crippen LogP contribution in [0.25, 0.3) is 21.5 Å². The first-order chi connectivity index (χ1) is 36.3. The van der Waals surface area contributed by atoms with Gasteiger partial charge in [0.05, 0.1) is 52.2 Å².